The first-order valence-corrected chi connectivity index (χ1v) is 8.55. The summed E-state index contributed by atoms with van der Waals surface area (Å²) in [6, 6.07) is 10.00. The van der Waals surface area contributed by atoms with Crippen molar-refractivity contribution in [2.45, 2.75) is 13.3 Å². The first-order valence-electron chi connectivity index (χ1n) is 7.64. The summed E-state index contributed by atoms with van der Waals surface area (Å²) in [5.74, 6) is 0.920. The van der Waals surface area contributed by atoms with E-state index in [0.717, 1.165) is 5.56 Å². The lowest BCUT2D eigenvalue weighted by Gasteiger charge is -2.06. The Kier molecular flexibility index (Phi) is 8.96. The molecule has 0 heterocycles. The van der Waals surface area contributed by atoms with E-state index in [9.17, 15) is 9.59 Å². The molecule has 0 spiro atoms. The average Bonchev–Trinajstić information content (AvgIpc) is 2.61. The standard InChI is InChI=1S/C10H10Cl2O2.C9H10O3/c1-14-8-2-3-9(10(12)13)7(6-8)4-5-11;1-6-5-7(12-2)3-4-8(6)9(10)11/h2-3,6H,4-5H2,1H3;3-5H,1-2H3,(H,10,11). The van der Waals surface area contributed by atoms with Crippen molar-refractivity contribution in [3.05, 3.63) is 58.7 Å². The zero-order valence-electron chi connectivity index (χ0n) is 14.7. The van der Waals surface area contributed by atoms with Crippen LogP contribution in [-0.4, -0.2) is 36.4 Å². The normalized spacial score (nSPS) is 9.73. The number of hydrogen-bond donors (Lipinski definition) is 1. The van der Waals surface area contributed by atoms with Gasteiger partial charge < -0.3 is 14.6 Å². The lowest BCUT2D eigenvalue weighted by Crippen LogP contribution is -1.99. The van der Waals surface area contributed by atoms with E-state index in [1.807, 2.05) is 0 Å². The number of carboxylic acids is 1. The molecule has 0 bridgehead atoms. The minimum absolute atomic E-state index is 0.316. The number of carbonyl (C=O) groups excluding carboxylic acids is 1. The number of aromatic carboxylic acids is 1. The van der Waals surface area contributed by atoms with E-state index in [1.165, 1.54) is 6.07 Å². The monoisotopic (exact) mass is 398 g/mol. The van der Waals surface area contributed by atoms with Crippen molar-refractivity contribution < 1.29 is 24.2 Å². The van der Waals surface area contributed by atoms with Gasteiger partial charge >= 0.3 is 5.97 Å². The molecule has 1 N–H and O–H groups in total. The quantitative estimate of drug-likeness (QED) is 0.570. The van der Waals surface area contributed by atoms with Gasteiger partial charge in [-0.05, 0) is 72.5 Å². The molecule has 5 nitrogen and oxygen atoms in total. The van der Waals surface area contributed by atoms with Crippen LogP contribution in [0.15, 0.2) is 36.4 Å². The molecule has 0 aliphatic heterocycles. The Morgan fingerprint density at radius 2 is 1.54 bits per heavy atom. The molecule has 0 aliphatic rings. The highest BCUT2D eigenvalue weighted by atomic mass is 35.5. The molecular formula is C19H20Cl2O5. The molecular weight excluding hydrogens is 379 g/mol. The summed E-state index contributed by atoms with van der Waals surface area (Å²) >= 11 is 11.0. The zero-order chi connectivity index (χ0) is 19.7. The van der Waals surface area contributed by atoms with E-state index < -0.39 is 11.2 Å². The number of rotatable bonds is 6. The van der Waals surface area contributed by atoms with Crippen LogP contribution in [0.3, 0.4) is 0 Å². The van der Waals surface area contributed by atoms with Crippen LogP contribution in [0.4, 0.5) is 0 Å². The smallest absolute Gasteiger partial charge is 0.335 e. The van der Waals surface area contributed by atoms with Crippen LogP contribution >= 0.6 is 23.2 Å². The summed E-state index contributed by atoms with van der Waals surface area (Å²) in [5.41, 5.74) is 2.34. The van der Waals surface area contributed by atoms with E-state index >= 15 is 0 Å². The molecule has 2 aromatic carbocycles. The molecule has 2 rings (SSSR count). The molecule has 0 atom stereocenters. The molecule has 0 radical (unpaired) electrons. The highest BCUT2D eigenvalue weighted by Gasteiger charge is 2.09. The summed E-state index contributed by atoms with van der Waals surface area (Å²) in [6.07, 6.45) is 0.604. The maximum atomic E-state index is 11.0. The average molecular weight is 399 g/mol. The largest absolute Gasteiger partial charge is 0.497 e. The number of hydrogen-bond acceptors (Lipinski definition) is 4. The number of carbonyl (C=O) groups is 2. The van der Waals surface area contributed by atoms with Crippen molar-refractivity contribution in [2.24, 2.45) is 0 Å². The van der Waals surface area contributed by atoms with Crippen molar-refractivity contribution in [3.63, 3.8) is 0 Å². The third kappa shape index (κ3) is 6.24. The van der Waals surface area contributed by atoms with Gasteiger partial charge in [-0.25, -0.2) is 4.79 Å². The minimum atomic E-state index is -0.907. The van der Waals surface area contributed by atoms with Gasteiger partial charge in [0.15, 0.2) is 0 Å². The molecule has 26 heavy (non-hydrogen) atoms. The Balaban J connectivity index is 0.000000263. The lowest BCUT2D eigenvalue weighted by molar-refractivity contribution is 0.0696. The first-order chi connectivity index (χ1) is 12.3. The molecule has 0 saturated carbocycles. The van der Waals surface area contributed by atoms with Crippen molar-refractivity contribution in [1.82, 2.24) is 0 Å². The SMILES string of the molecule is COc1ccc(C(=O)Cl)c(CCCl)c1.COc1ccc(C(=O)O)c(C)c1. The lowest BCUT2D eigenvalue weighted by atomic mass is 10.1. The van der Waals surface area contributed by atoms with E-state index in [1.54, 1.807) is 51.5 Å². The van der Waals surface area contributed by atoms with Crippen LogP contribution in [0.25, 0.3) is 0 Å². The second-order valence-corrected chi connectivity index (χ2v) is 5.94. The Bertz CT molecular complexity index is 775. The van der Waals surface area contributed by atoms with Gasteiger partial charge in [-0.15, -0.1) is 11.6 Å². The fourth-order valence-electron chi connectivity index (χ4n) is 2.20. The summed E-state index contributed by atoms with van der Waals surface area (Å²) in [5, 5.41) is 8.22. The predicted molar refractivity (Wildman–Crippen MR) is 102 cm³/mol. The van der Waals surface area contributed by atoms with Crippen LogP contribution in [0.5, 0.6) is 11.5 Å². The summed E-state index contributed by atoms with van der Waals surface area (Å²) in [4.78, 5) is 21.6. The second kappa shape index (κ2) is 10.7. The van der Waals surface area contributed by atoms with Gasteiger partial charge in [0.2, 0.25) is 0 Å². The minimum Gasteiger partial charge on any atom is -0.497 e. The fourth-order valence-corrected chi connectivity index (χ4v) is 2.59. The summed E-state index contributed by atoms with van der Waals surface area (Å²) < 4.78 is 9.98. The molecule has 0 unspecified atom stereocenters. The van der Waals surface area contributed by atoms with Gasteiger partial charge in [0.25, 0.3) is 5.24 Å². The van der Waals surface area contributed by atoms with Crippen LogP contribution in [0, 0.1) is 6.92 Å². The van der Waals surface area contributed by atoms with Crippen molar-refractivity contribution in [2.75, 3.05) is 20.1 Å². The number of alkyl halides is 1. The molecule has 2 aromatic rings. The molecule has 0 amide bonds. The van der Waals surface area contributed by atoms with Crippen molar-refractivity contribution >= 4 is 34.4 Å². The van der Waals surface area contributed by atoms with Gasteiger partial charge in [-0.2, -0.15) is 0 Å². The van der Waals surface area contributed by atoms with E-state index in [-0.39, 0.29) is 0 Å². The predicted octanol–water partition coefficient (Wildman–Crippen LogP) is 4.56. The number of carboxylic acid groups (broad SMARTS) is 1. The molecule has 0 saturated heterocycles. The van der Waals surface area contributed by atoms with Crippen LogP contribution < -0.4 is 9.47 Å². The van der Waals surface area contributed by atoms with Crippen molar-refractivity contribution in [3.8, 4) is 11.5 Å². The van der Waals surface area contributed by atoms with Gasteiger partial charge in [-0.3, -0.25) is 4.79 Å². The maximum absolute atomic E-state index is 11.0. The van der Waals surface area contributed by atoms with E-state index in [2.05, 4.69) is 0 Å². The second-order valence-electron chi connectivity index (χ2n) is 5.22. The molecule has 0 aromatic heterocycles. The third-order valence-electron chi connectivity index (χ3n) is 3.55. The molecule has 0 fully saturated rings. The molecule has 7 heteroatoms. The van der Waals surface area contributed by atoms with Gasteiger partial charge in [0, 0.05) is 11.4 Å². The van der Waals surface area contributed by atoms with Gasteiger partial charge in [0.05, 0.1) is 19.8 Å². The van der Waals surface area contributed by atoms with Crippen LogP contribution in [0.1, 0.15) is 31.8 Å². The van der Waals surface area contributed by atoms with Gasteiger partial charge in [-0.1, -0.05) is 0 Å². The van der Waals surface area contributed by atoms with Crippen molar-refractivity contribution in [1.29, 1.82) is 0 Å². The van der Waals surface area contributed by atoms with E-state index in [0.29, 0.717) is 40.5 Å². The Morgan fingerprint density at radius 3 is 1.96 bits per heavy atom. The molecule has 0 aliphatic carbocycles. The van der Waals surface area contributed by atoms with E-state index in [4.69, 9.17) is 37.8 Å². The first kappa shape index (κ1) is 21.8. The number of methoxy groups -OCH3 is 2. The van der Waals surface area contributed by atoms with Gasteiger partial charge in [0.1, 0.15) is 11.5 Å². The summed E-state index contributed by atoms with van der Waals surface area (Å²) in [6.45, 7) is 1.74. The molecule has 140 valence electrons. The zero-order valence-corrected chi connectivity index (χ0v) is 16.2. The van der Waals surface area contributed by atoms with Crippen LogP contribution in [0.2, 0.25) is 0 Å². The maximum Gasteiger partial charge on any atom is 0.335 e. The Hall–Kier alpha value is -2.24. The number of halogens is 2. The highest BCUT2D eigenvalue weighted by Crippen LogP contribution is 2.20. The third-order valence-corrected chi connectivity index (χ3v) is 3.94. The Morgan fingerprint density at radius 1 is 1.00 bits per heavy atom. The number of benzene rings is 2. The summed E-state index contributed by atoms with van der Waals surface area (Å²) in [7, 11) is 3.12. The van der Waals surface area contributed by atoms with Crippen LogP contribution in [-0.2, 0) is 6.42 Å². The Labute approximate surface area is 162 Å². The number of aryl methyl sites for hydroxylation is 2. The topological polar surface area (TPSA) is 72.8 Å². The highest BCUT2D eigenvalue weighted by molar-refractivity contribution is 6.67. The number of ether oxygens (including phenoxy) is 2. The fraction of sp³-hybridized carbons (Fsp3) is 0.263.